The van der Waals surface area contributed by atoms with Crippen LogP contribution >= 0.6 is 0 Å². The molecule has 0 aromatic heterocycles. The summed E-state index contributed by atoms with van der Waals surface area (Å²) >= 11 is 0. The van der Waals surface area contributed by atoms with E-state index in [4.69, 9.17) is 9.47 Å². The van der Waals surface area contributed by atoms with E-state index < -0.39 is 0 Å². The van der Waals surface area contributed by atoms with Crippen LogP contribution in [0.2, 0.25) is 0 Å². The summed E-state index contributed by atoms with van der Waals surface area (Å²) in [5.41, 5.74) is 1.76. The molecule has 0 atom stereocenters. The van der Waals surface area contributed by atoms with Crippen LogP contribution in [0.1, 0.15) is 33.3 Å². The first-order valence-corrected chi connectivity index (χ1v) is 8.68. The monoisotopic (exact) mass is 339 g/mol. The van der Waals surface area contributed by atoms with Gasteiger partial charge in [-0.25, -0.2) is 0 Å². The molecule has 132 valence electrons. The highest BCUT2D eigenvalue weighted by molar-refractivity contribution is 5.95. The Hall–Kier alpha value is -2.49. The van der Waals surface area contributed by atoms with Gasteiger partial charge in [0.15, 0.2) is 18.1 Å². The van der Waals surface area contributed by atoms with E-state index in [0.29, 0.717) is 5.75 Å². The molecule has 1 aliphatic rings. The van der Waals surface area contributed by atoms with E-state index in [9.17, 15) is 4.79 Å². The highest BCUT2D eigenvalue weighted by Crippen LogP contribution is 2.41. The van der Waals surface area contributed by atoms with E-state index in [1.807, 2.05) is 62.4 Å². The lowest BCUT2D eigenvalue weighted by atomic mass is 10.0. The molecule has 1 aliphatic heterocycles. The van der Waals surface area contributed by atoms with Gasteiger partial charge in [-0.3, -0.25) is 4.79 Å². The maximum Gasteiger partial charge on any atom is 0.265 e. The van der Waals surface area contributed by atoms with Crippen LogP contribution in [0.5, 0.6) is 11.5 Å². The lowest BCUT2D eigenvalue weighted by Crippen LogP contribution is -2.40. The molecule has 0 saturated heterocycles. The Balaban J connectivity index is 1.74. The first-order valence-electron chi connectivity index (χ1n) is 8.68. The lowest BCUT2D eigenvalue weighted by Gasteiger charge is -2.27. The SMILES string of the molecule is CC(C)N(C(=O)COc1cccc2c1OC(C)(C)C2)c1ccccc1. The van der Waals surface area contributed by atoms with Crippen LogP contribution in [-0.4, -0.2) is 24.2 Å². The lowest BCUT2D eigenvalue weighted by molar-refractivity contribution is -0.120. The second-order valence-corrected chi connectivity index (χ2v) is 7.26. The topological polar surface area (TPSA) is 38.8 Å². The van der Waals surface area contributed by atoms with Gasteiger partial charge in [-0.05, 0) is 45.9 Å². The molecule has 0 spiro atoms. The minimum absolute atomic E-state index is 0.0205. The summed E-state index contributed by atoms with van der Waals surface area (Å²) in [6.07, 6.45) is 0.843. The van der Waals surface area contributed by atoms with E-state index in [-0.39, 0.29) is 24.2 Å². The van der Waals surface area contributed by atoms with Crippen LogP contribution in [0.3, 0.4) is 0 Å². The van der Waals surface area contributed by atoms with Gasteiger partial charge in [0.25, 0.3) is 5.91 Å². The minimum atomic E-state index is -0.236. The number of para-hydroxylation sites is 2. The first-order chi connectivity index (χ1) is 11.9. The van der Waals surface area contributed by atoms with Gasteiger partial charge in [0.05, 0.1) is 0 Å². The zero-order chi connectivity index (χ0) is 18.0. The Bertz CT molecular complexity index is 753. The van der Waals surface area contributed by atoms with Crippen LogP contribution < -0.4 is 14.4 Å². The summed E-state index contributed by atoms with van der Waals surface area (Å²) in [4.78, 5) is 14.5. The zero-order valence-corrected chi connectivity index (χ0v) is 15.3. The third-order valence-corrected chi connectivity index (χ3v) is 4.23. The predicted molar refractivity (Wildman–Crippen MR) is 99.4 cm³/mol. The average Bonchev–Trinajstić information content (AvgIpc) is 2.88. The quantitative estimate of drug-likeness (QED) is 0.819. The van der Waals surface area contributed by atoms with Crippen LogP contribution in [0.4, 0.5) is 5.69 Å². The fourth-order valence-electron chi connectivity index (χ4n) is 3.23. The van der Waals surface area contributed by atoms with Crippen LogP contribution in [0.15, 0.2) is 48.5 Å². The molecule has 2 aromatic rings. The maximum atomic E-state index is 12.7. The average molecular weight is 339 g/mol. The number of carbonyl (C=O) groups excluding carboxylic acids is 1. The van der Waals surface area contributed by atoms with E-state index in [1.54, 1.807) is 4.90 Å². The highest BCUT2D eigenvalue weighted by Gasteiger charge is 2.32. The molecular weight excluding hydrogens is 314 g/mol. The van der Waals surface area contributed by atoms with Gasteiger partial charge in [0.2, 0.25) is 0 Å². The number of benzene rings is 2. The Morgan fingerprint density at radius 1 is 1.16 bits per heavy atom. The van der Waals surface area contributed by atoms with Crippen molar-refractivity contribution in [3.63, 3.8) is 0 Å². The standard InChI is InChI=1S/C21H25NO3/c1-15(2)22(17-10-6-5-7-11-17)19(23)14-24-18-12-8-9-16-13-21(3,4)25-20(16)18/h5-12,15H,13-14H2,1-4H3. The number of hydrogen-bond donors (Lipinski definition) is 0. The summed E-state index contributed by atoms with van der Waals surface area (Å²) in [5.74, 6) is 1.32. The van der Waals surface area contributed by atoms with E-state index in [2.05, 4.69) is 13.8 Å². The van der Waals surface area contributed by atoms with Crippen molar-refractivity contribution in [2.45, 2.75) is 45.8 Å². The first kappa shape index (κ1) is 17.3. The molecule has 0 bridgehead atoms. The van der Waals surface area contributed by atoms with Crippen molar-refractivity contribution >= 4 is 11.6 Å². The smallest absolute Gasteiger partial charge is 0.265 e. The van der Waals surface area contributed by atoms with Gasteiger partial charge in [-0.2, -0.15) is 0 Å². The van der Waals surface area contributed by atoms with Gasteiger partial charge in [-0.1, -0.05) is 30.3 Å². The molecular formula is C21H25NO3. The minimum Gasteiger partial charge on any atom is -0.483 e. The molecule has 3 rings (SSSR count). The number of fused-ring (bicyclic) bond motifs is 1. The van der Waals surface area contributed by atoms with Gasteiger partial charge in [0.1, 0.15) is 5.60 Å². The molecule has 0 saturated carbocycles. The molecule has 1 amide bonds. The maximum absolute atomic E-state index is 12.7. The fraction of sp³-hybridized carbons (Fsp3) is 0.381. The number of nitrogens with zero attached hydrogens (tertiary/aromatic N) is 1. The molecule has 25 heavy (non-hydrogen) atoms. The van der Waals surface area contributed by atoms with Crippen LogP contribution in [0.25, 0.3) is 0 Å². The van der Waals surface area contributed by atoms with E-state index in [0.717, 1.165) is 23.4 Å². The number of rotatable bonds is 5. The Morgan fingerprint density at radius 3 is 2.56 bits per heavy atom. The number of ether oxygens (including phenoxy) is 2. The van der Waals surface area contributed by atoms with Crippen LogP contribution in [-0.2, 0) is 11.2 Å². The number of hydrogen-bond acceptors (Lipinski definition) is 3. The normalized spacial score (nSPS) is 14.8. The van der Waals surface area contributed by atoms with Gasteiger partial charge < -0.3 is 14.4 Å². The molecule has 4 heteroatoms. The molecule has 0 N–H and O–H groups in total. The third-order valence-electron chi connectivity index (χ3n) is 4.23. The van der Waals surface area contributed by atoms with Gasteiger partial charge in [-0.15, -0.1) is 0 Å². The summed E-state index contributed by atoms with van der Waals surface area (Å²) in [6, 6.07) is 15.6. The van der Waals surface area contributed by atoms with Crippen molar-refractivity contribution in [1.82, 2.24) is 0 Å². The van der Waals surface area contributed by atoms with Gasteiger partial charge in [0, 0.05) is 23.7 Å². The summed E-state index contributed by atoms with van der Waals surface area (Å²) < 4.78 is 11.8. The Labute approximate surface area is 149 Å². The summed E-state index contributed by atoms with van der Waals surface area (Å²) in [7, 11) is 0. The molecule has 2 aromatic carbocycles. The summed E-state index contributed by atoms with van der Waals surface area (Å²) in [5, 5.41) is 0. The van der Waals surface area contributed by atoms with Crippen LogP contribution in [0, 0.1) is 0 Å². The van der Waals surface area contributed by atoms with Crippen molar-refractivity contribution in [2.24, 2.45) is 0 Å². The molecule has 0 unspecified atom stereocenters. The Morgan fingerprint density at radius 2 is 1.88 bits per heavy atom. The largest absolute Gasteiger partial charge is 0.483 e. The zero-order valence-electron chi connectivity index (χ0n) is 15.3. The van der Waals surface area contributed by atoms with Crippen molar-refractivity contribution in [1.29, 1.82) is 0 Å². The Kier molecular flexibility index (Phi) is 4.71. The third kappa shape index (κ3) is 3.78. The second kappa shape index (κ2) is 6.79. The number of amides is 1. The fourth-order valence-corrected chi connectivity index (χ4v) is 3.23. The molecule has 1 heterocycles. The molecule has 0 aliphatic carbocycles. The highest BCUT2D eigenvalue weighted by atomic mass is 16.5. The van der Waals surface area contributed by atoms with Crippen molar-refractivity contribution < 1.29 is 14.3 Å². The van der Waals surface area contributed by atoms with Crippen molar-refractivity contribution in [3.05, 3.63) is 54.1 Å². The predicted octanol–water partition coefficient (Wildman–Crippen LogP) is 4.22. The number of anilines is 1. The van der Waals surface area contributed by atoms with E-state index in [1.165, 1.54) is 0 Å². The van der Waals surface area contributed by atoms with Crippen molar-refractivity contribution in [3.8, 4) is 11.5 Å². The number of carbonyl (C=O) groups is 1. The van der Waals surface area contributed by atoms with Crippen molar-refractivity contribution in [2.75, 3.05) is 11.5 Å². The summed E-state index contributed by atoms with van der Waals surface area (Å²) in [6.45, 7) is 8.08. The van der Waals surface area contributed by atoms with E-state index >= 15 is 0 Å². The van der Waals surface area contributed by atoms with Gasteiger partial charge >= 0.3 is 0 Å². The second-order valence-electron chi connectivity index (χ2n) is 7.26. The molecule has 4 nitrogen and oxygen atoms in total. The molecule has 0 fully saturated rings. The molecule has 0 radical (unpaired) electrons.